The molecule has 0 unspecified atom stereocenters. The van der Waals surface area contributed by atoms with E-state index in [4.69, 9.17) is 0 Å². The average Bonchev–Trinajstić information content (AvgIpc) is 1.58. The topological polar surface area (TPSA) is 41.5 Å². The van der Waals surface area contributed by atoms with Gasteiger partial charge in [-0.15, -0.1) is 0 Å². The zero-order valence-corrected chi connectivity index (χ0v) is 6.93. The molecule has 10 heavy (non-hydrogen) atoms. The molecule has 0 atom stereocenters. The van der Waals surface area contributed by atoms with E-state index in [1.54, 1.807) is 6.92 Å². The van der Waals surface area contributed by atoms with Crippen molar-refractivity contribution >= 4 is 11.7 Å². The molecule has 0 aromatic carbocycles. The van der Waals surface area contributed by atoms with Crippen LogP contribution in [0.1, 0.15) is 27.7 Å². The molecule has 0 radical (unpaired) electrons. The van der Waals surface area contributed by atoms with Crippen molar-refractivity contribution in [3.63, 3.8) is 0 Å². The van der Waals surface area contributed by atoms with Gasteiger partial charge in [-0.2, -0.15) is 0 Å². The number of hydrogen-bond acceptors (Lipinski definition) is 1. The Morgan fingerprint density at radius 1 is 1.40 bits per heavy atom. The molecule has 0 aliphatic rings. The zero-order chi connectivity index (χ0) is 8.15. The SMILES string of the molecule is CC(=O)/N=C(\C)NC(C)C. The third-order valence-electron chi connectivity index (χ3n) is 0.823. The first-order valence-electron chi connectivity index (χ1n) is 3.34. The fourth-order valence-corrected chi connectivity index (χ4v) is 0.686. The maximum absolute atomic E-state index is 10.4. The number of amides is 1. The predicted octanol–water partition coefficient (Wildman–Crippen LogP) is 0.949. The second-order valence-corrected chi connectivity index (χ2v) is 2.52. The molecule has 3 heteroatoms. The molecule has 0 bridgehead atoms. The molecule has 0 saturated heterocycles. The normalized spacial score (nSPS) is 11.9. The number of hydrogen-bond donors (Lipinski definition) is 1. The summed E-state index contributed by atoms with van der Waals surface area (Å²) in [6, 6.07) is 0.336. The molecular weight excluding hydrogens is 128 g/mol. The third-order valence-corrected chi connectivity index (χ3v) is 0.823. The summed E-state index contributed by atoms with van der Waals surface area (Å²) in [5.74, 6) is 0.521. The highest BCUT2D eigenvalue weighted by Gasteiger charge is 1.94. The fourth-order valence-electron chi connectivity index (χ4n) is 0.686. The molecule has 1 amide bonds. The van der Waals surface area contributed by atoms with Gasteiger partial charge in [-0.3, -0.25) is 4.79 Å². The van der Waals surface area contributed by atoms with Crippen molar-refractivity contribution in [1.29, 1.82) is 0 Å². The Morgan fingerprint density at radius 2 is 1.90 bits per heavy atom. The van der Waals surface area contributed by atoms with Crippen LogP contribution in [0, 0.1) is 0 Å². The van der Waals surface area contributed by atoms with Gasteiger partial charge in [0.25, 0.3) is 0 Å². The van der Waals surface area contributed by atoms with Crippen molar-refractivity contribution in [2.24, 2.45) is 4.99 Å². The molecule has 0 aromatic heterocycles. The predicted molar refractivity (Wildman–Crippen MR) is 42.1 cm³/mol. The van der Waals surface area contributed by atoms with Crippen LogP contribution in [0.3, 0.4) is 0 Å². The molecule has 0 aromatic rings. The Bertz CT molecular complexity index is 150. The zero-order valence-electron chi connectivity index (χ0n) is 6.93. The van der Waals surface area contributed by atoms with E-state index in [0.29, 0.717) is 11.9 Å². The molecule has 0 saturated carbocycles. The highest BCUT2D eigenvalue weighted by molar-refractivity contribution is 5.92. The lowest BCUT2D eigenvalue weighted by molar-refractivity contribution is -0.115. The number of carbonyl (C=O) groups is 1. The lowest BCUT2D eigenvalue weighted by Gasteiger charge is -2.07. The van der Waals surface area contributed by atoms with Crippen molar-refractivity contribution in [2.75, 3.05) is 0 Å². The standard InChI is InChI=1S/C7H14N2O/c1-5(2)8-6(3)9-7(4)10/h5H,1-4H3,(H,8,9,10). The molecule has 58 valence electrons. The number of rotatable bonds is 1. The van der Waals surface area contributed by atoms with Crippen LogP contribution < -0.4 is 5.32 Å². The number of carbonyl (C=O) groups excluding carboxylic acids is 1. The highest BCUT2D eigenvalue weighted by Crippen LogP contribution is 1.80. The number of nitrogens with zero attached hydrogens (tertiary/aromatic N) is 1. The van der Waals surface area contributed by atoms with Gasteiger partial charge in [0.15, 0.2) is 0 Å². The van der Waals surface area contributed by atoms with Gasteiger partial charge in [0, 0.05) is 13.0 Å². The van der Waals surface area contributed by atoms with Gasteiger partial charge in [-0.05, 0) is 20.8 Å². The van der Waals surface area contributed by atoms with Gasteiger partial charge >= 0.3 is 0 Å². The maximum Gasteiger partial charge on any atom is 0.244 e. The van der Waals surface area contributed by atoms with E-state index in [1.807, 2.05) is 13.8 Å². The lowest BCUT2D eigenvalue weighted by Crippen LogP contribution is -2.28. The van der Waals surface area contributed by atoms with Crippen molar-refractivity contribution < 1.29 is 4.79 Å². The van der Waals surface area contributed by atoms with E-state index in [1.165, 1.54) is 6.92 Å². The molecule has 0 fully saturated rings. The van der Waals surface area contributed by atoms with Gasteiger partial charge < -0.3 is 5.32 Å². The molecule has 0 heterocycles. The fraction of sp³-hybridized carbons (Fsp3) is 0.714. The Balaban J connectivity index is 3.83. The lowest BCUT2D eigenvalue weighted by atomic mass is 10.4. The summed E-state index contributed by atoms with van der Waals surface area (Å²) in [5, 5.41) is 3.00. The minimum absolute atomic E-state index is 0.161. The number of nitrogens with one attached hydrogen (secondary N) is 1. The minimum atomic E-state index is -0.161. The van der Waals surface area contributed by atoms with Crippen molar-refractivity contribution in [3.8, 4) is 0 Å². The maximum atomic E-state index is 10.4. The Hall–Kier alpha value is -0.860. The van der Waals surface area contributed by atoms with Crippen molar-refractivity contribution in [3.05, 3.63) is 0 Å². The van der Waals surface area contributed by atoms with Gasteiger partial charge in [0.2, 0.25) is 5.91 Å². The Kier molecular flexibility index (Phi) is 3.69. The van der Waals surface area contributed by atoms with Gasteiger partial charge in [-0.1, -0.05) is 0 Å². The second-order valence-electron chi connectivity index (χ2n) is 2.52. The van der Waals surface area contributed by atoms with Crippen LogP contribution in [0.4, 0.5) is 0 Å². The van der Waals surface area contributed by atoms with E-state index in [0.717, 1.165) is 0 Å². The van der Waals surface area contributed by atoms with Crippen LogP contribution in [0.5, 0.6) is 0 Å². The third kappa shape index (κ3) is 5.28. The summed E-state index contributed by atoms with van der Waals surface area (Å²) in [7, 11) is 0. The van der Waals surface area contributed by atoms with Gasteiger partial charge in [0.1, 0.15) is 5.84 Å². The van der Waals surface area contributed by atoms with Crippen LogP contribution >= 0.6 is 0 Å². The van der Waals surface area contributed by atoms with E-state index >= 15 is 0 Å². The van der Waals surface area contributed by atoms with Gasteiger partial charge in [0.05, 0.1) is 0 Å². The van der Waals surface area contributed by atoms with E-state index < -0.39 is 0 Å². The molecule has 0 aliphatic heterocycles. The first kappa shape index (κ1) is 9.14. The van der Waals surface area contributed by atoms with Crippen LogP contribution in [-0.4, -0.2) is 17.8 Å². The molecule has 0 aliphatic carbocycles. The molecule has 3 nitrogen and oxygen atoms in total. The van der Waals surface area contributed by atoms with Gasteiger partial charge in [-0.25, -0.2) is 4.99 Å². The summed E-state index contributed by atoms with van der Waals surface area (Å²) < 4.78 is 0. The largest absolute Gasteiger partial charge is 0.371 e. The molecular formula is C7H14N2O. The highest BCUT2D eigenvalue weighted by atomic mass is 16.1. The smallest absolute Gasteiger partial charge is 0.244 e. The van der Waals surface area contributed by atoms with Crippen LogP contribution in [0.2, 0.25) is 0 Å². The molecule has 0 rings (SSSR count). The number of aliphatic imine (C=N–C) groups is 1. The van der Waals surface area contributed by atoms with Crippen LogP contribution in [-0.2, 0) is 4.79 Å². The quantitative estimate of drug-likeness (QED) is 0.437. The van der Waals surface area contributed by atoms with E-state index in [2.05, 4.69) is 10.3 Å². The summed E-state index contributed by atoms with van der Waals surface area (Å²) >= 11 is 0. The average molecular weight is 142 g/mol. The first-order chi connectivity index (χ1) is 4.52. The van der Waals surface area contributed by atoms with Crippen molar-refractivity contribution in [2.45, 2.75) is 33.7 Å². The molecule has 0 spiro atoms. The van der Waals surface area contributed by atoms with Crippen LogP contribution in [0.15, 0.2) is 4.99 Å². The van der Waals surface area contributed by atoms with Crippen molar-refractivity contribution in [1.82, 2.24) is 5.32 Å². The first-order valence-corrected chi connectivity index (χ1v) is 3.34. The summed E-state index contributed by atoms with van der Waals surface area (Å²) in [6.45, 7) is 7.21. The monoisotopic (exact) mass is 142 g/mol. The Labute approximate surface area is 61.5 Å². The summed E-state index contributed by atoms with van der Waals surface area (Å²) in [4.78, 5) is 14.1. The molecule has 1 N–H and O–H groups in total. The Morgan fingerprint density at radius 3 is 2.20 bits per heavy atom. The minimum Gasteiger partial charge on any atom is -0.371 e. The van der Waals surface area contributed by atoms with E-state index in [-0.39, 0.29) is 5.91 Å². The van der Waals surface area contributed by atoms with E-state index in [9.17, 15) is 4.79 Å². The summed E-state index contributed by atoms with van der Waals surface area (Å²) in [5.41, 5.74) is 0. The summed E-state index contributed by atoms with van der Waals surface area (Å²) in [6.07, 6.45) is 0. The second kappa shape index (κ2) is 4.04. The van der Waals surface area contributed by atoms with Crippen LogP contribution in [0.25, 0.3) is 0 Å². The number of amidine groups is 1.